The van der Waals surface area contributed by atoms with Crippen LogP contribution in [0.3, 0.4) is 0 Å². The van der Waals surface area contributed by atoms with Crippen molar-refractivity contribution >= 4 is 11.6 Å². The Morgan fingerprint density at radius 3 is 0.692 bits per heavy atom. The fourth-order valence-corrected chi connectivity index (χ4v) is 4.89. The van der Waals surface area contributed by atoms with Crippen molar-refractivity contribution in [2.24, 2.45) is 0 Å². The third kappa shape index (κ3) is 35.3. The van der Waals surface area contributed by atoms with Crippen LogP contribution in [-0.4, -0.2) is 67.4 Å². The summed E-state index contributed by atoms with van der Waals surface area (Å²) in [5, 5.41) is 30.5. The Kier molecular flexibility index (Phi) is 45.2. The summed E-state index contributed by atoms with van der Waals surface area (Å²) in [6, 6.07) is 54.1. The maximum Gasteiger partial charge on any atom is 2.00 e. The Labute approximate surface area is 477 Å². The van der Waals surface area contributed by atoms with Crippen LogP contribution in [0.1, 0.15) is 27.7 Å². The first-order chi connectivity index (χ1) is 34.9. The summed E-state index contributed by atoms with van der Waals surface area (Å²) >= 11 is 0. The third-order valence-electron chi connectivity index (χ3n) is 7.76. The van der Waals surface area contributed by atoms with Gasteiger partial charge in [0.25, 0.3) is 0 Å². The molecule has 78 heavy (non-hydrogen) atoms. The normalized spacial score (nSPS) is 8.46. The minimum atomic E-state index is -0.178. The molecule has 22 heteroatoms. The van der Waals surface area contributed by atoms with Gasteiger partial charge in [0.15, 0.2) is 0 Å². The molecule has 0 aliphatic heterocycles. The molecule has 0 aliphatic carbocycles. The summed E-state index contributed by atoms with van der Waals surface area (Å²) in [7, 11) is 0. The van der Waals surface area contributed by atoms with Crippen molar-refractivity contribution < 1.29 is 85.8 Å². The summed E-state index contributed by atoms with van der Waals surface area (Å²) in [4.78, 5) is 69.1. The van der Waals surface area contributed by atoms with E-state index in [4.69, 9.17) is 0 Å². The molecule has 0 aliphatic rings. The van der Waals surface area contributed by atoms with Crippen molar-refractivity contribution in [1.29, 1.82) is 0 Å². The van der Waals surface area contributed by atoms with Gasteiger partial charge in [-0.1, -0.05) is 84.9 Å². The van der Waals surface area contributed by atoms with E-state index >= 15 is 0 Å². The van der Waals surface area contributed by atoms with Crippen molar-refractivity contribution in [3.63, 3.8) is 0 Å². The second-order valence-electron chi connectivity index (χ2n) is 14.2. The molecule has 0 saturated carbocycles. The SMILES string of the molecule is CC(C)=O.CC(C)=O.O.O.O=c1cccc[n-]1.[O-]c1ccccn1.[O-]c1ccccn1.[O-]c1ccccn1.[OH3+].[OH3+].[Ru+2].[Ru+2].c1ccc(-c2cccc(-c3ccccn3)n2)nc1.c1ccc(-c2cccc(-c3ccccn3)n2)nc1. The number of rotatable bonds is 4. The second kappa shape index (κ2) is 46.6. The average molecular weight is 1240 g/mol. The molecule has 0 saturated heterocycles. The summed E-state index contributed by atoms with van der Waals surface area (Å²) in [5.41, 5.74) is 6.74. The molecular weight excluding hydrogens is 1170 g/mol. The maximum absolute atomic E-state index is 10.2. The van der Waals surface area contributed by atoms with Gasteiger partial charge in [0.2, 0.25) is 0 Å². The number of Topliss-reactive ketones (excluding diaryl/α,β-unsaturated/α-hetero) is 2. The molecule has 0 bridgehead atoms. The molecular formula is C56H60N10O10Ru2+2. The van der Waals surface area contributed by atoms with Crippen LogP contribution in [0.15, 0.2) is 236 Å². The van der Waals surface area contributed by atoms with Gasteiger partial charge < -0.3 is 56.6 Å². The predicted octanol–water partition coefficient (Wildman–Crippen LogP) is 4.57. The molecule has 408 valence electrons. The van der Waals surface area contributed by atoms with Gasteiger partial charge in [-0.3, -0.25) is 34.9 Å². The van der Waals surface area contributed by atoms with Crippen LogP contribution < -0.4 is 25.9 Å². The number of ketones is 2. The number of hydrogen-bond donors (Lipinski definition) is 0. The first kappa shape index (κ1) is 75.6. The van der Waals surface area contributed by atoms with Gasteiger partial charge in [-0.15, -0.1) is 0 Å². The zero-order valence-corrected chi connectivity index (χ0v) is 46.2. The standard InChI is InChI=1S/2C15H11N3.4C5H5NO.2C3H6O.4H2O.2Ru/c2*1-3-10-16-12(6-1)14-8-5-9-15(18-14)13-7-2-4-11-17-13;4*7-5-3-1-2-4-6-5;2*1-3(2)4;;;;;;/h2*1-11H;4*1-4H,(H,6,7);2*1-2H3;4*1H2;;/q;;;;;;;;;;;;2*+2/p-2. The minimum Gasteiger partial charge on any atom is -0.859 e. The van der Waals surface area contributed by atoms with Crippen molar-refractivity contribution in [1.82, 2.24) is 49.8 Å². The third-order valence-corrected chi connectivity index (χ3v) is 7.76. The van der Waals surface area contributed by atoms with Crippen LogP contribution in [-0.2, 0) is 59.5 Å². The van der Waals surface area contributed by atoms with E-state index in [1.54, 1.807) is 73.3 Å². The van der Waals surface area contributed by atoms with Crippen molar-refractivity contribution in [2.75, 3.05) is 0 Å². The van der Waals surface area contributed by atoms with Gasteiger partial charge >= 0.3 is 39.0 Å². The van der Waals surface area contributed by atoms with Crippen LogP contribution in [0.25, 0.3) is 45.6 Å². The second-order valence-corrected chi connectivity index (χ2v) is 14.2. The Balaban J connectivity index is -0.000000423. The Hall–Kier alpha value is -8.87. The van der Waals surface area contributed by atoms with Crippen LogP contribution in [0.2, 0.25) is 0 Å². The van der Waals surface area contributed by atoms with Crippen LogP contribution in [0, 0.1) is 0 Å². The molecule has 0 amide bonds. The van der Waals surface area contributed by atoms with Crippen molar-refractivity contribution in [3.8, 4) is 63.2 Å². The largest absolute Gasteiger partial charge is 2.00 e. The van der Waals surface area contributed by atoms with Crippen LogP contribution in [0.5, 0.6) is 17.6 Å². The zero-order valence-electron chi connectivity index (χ0n) is 42.7. The smallest absolute Gasteiger partial charge is 0.859 e. The number of hydrogen-bond acceptors (Lipinski definition) is 15. The van der Waals surface area contributed by atoms with Gasteiger partial charge in [-0.05, 0) is 142 Å². The summed E-state index contributed by atoms with van der Waals surface area (Å²) in [6.45, 7) is 6.11. The molecule has 10 heterocycles. The monoisotopic (exact) mass is 1240 g/mol. The molecule has 0 atom stereocenters. The number of carbonyl (C=O) groups excluding carboxylic acids is 2. The number of pyridine rings is 10. The van der Waals surface area contributed by atoms with E-state index < -0.39 is 0 Å². The van der Waals surface area contributed by atoms with Gasteiger partial charge in [-0.25, -0.2) is 9.97 Å². The van der Waals surface area contributed by atoms with Gasteiger partial charge in [0.05, 0.1) is 51.1 Å². The molecule has 20 nitrogen and oxygen atoms in total. The maximum atomic E-state index is 10.2. The Morgan fingerprint density at radius 2 is 0.551 bits per heavy atom. The quantitative estimate of drug-likeness (QED) is 0.172. The first-order valence-corrected chi connectivity index (χ1v) is 21.8. The van der Waals surface area contributed by atoms with Crippen molar-refractivity contribution in [2.45, 2.75) is 27.7 Å². The van der Waals surface area contributed by atoms with E-state index in [1.807, 2.05) is 109 Å². The summed E-state index contributed by atoms with van der Waals surface area (Å²) < 4.78 is 0. The molecule has 0 fully saturated rings. The van der Waals surface area contributed by atoms with Gasteiger partial charge in [-0.2, -0.15) is 6.20 Å². The molecule has 10 aromatic heterocycles. The van der Waals surface area contributed by atoms with E-state index in [-0.39, 0.29) is 95.6 Å². The minimum absolute atomic E-state index is 0. The number of carbonyl (C=O) groups is 2. The average Bonchev–Trinajstić information content (AvgIpc) is 3.41. The van der Waals surface area contributed by atoms with Crippen molar-refractivity contribution in [3.05, 3.63) is 242 Å². The predicted molar refractivity (Wildman–Crippen MR) is 288 cm³/mol. The fraction of sp³-hybridized carbons (Fsp3) is 0.0714. The topological polar surface area (TPSA) is 379 Å². The molecule has 10 N–H and O–H groups in total. The summed E-state index contributed by atoms with van der Waals surface area (Å²) in [6.07, 6.45) is 13.0. The zero-order chi connectivity index (χ0) is 52.0. The molecule has 10 aromatic rings. The van der Waals surface area contributed by atoms with E-state index in [1.165, 1.54) is 76.7 Å². The molecule has 0 aromatic carbocycles. The van der Waals surface area contributed by atoms with E-state index in [9.17, 15) is 29.7 Å². The molecule has 0 radical (unpaired) electrons. The van der Waals surface area contributed by atoms with E-state index in [0.29, 0.717) is 0 Å². The number of aromatic nitrogens is 10. The Bertz CT molecular complexity index is 2710. The fourth-order valence-electron chi connectivity index (χ4n) is 4.89. The van der Waals surface area contributed by atoms with Gasteiger partial charge in [0, 0.05) is 43.4 Å². The van der Waals surface area contributed by atoms with E-state index in [0.717, 1.165) is 45.6 Å². The summed E-state index contributed by atoms with van der Waals surface area (Å²) in [5.74, 6) is -0.201. The van der Waals surface area contributed by atoms with E-state index in [2.05, 4.69) is 49.8 Å². The molecule has 10 rings (SSSR count). The molecule has 0 unspecified atom stereocenters. The molecule has 0 spiro atoms. The Morgan fingerprint density at radius 1 is 0.333 bits per heavy atom. The van der Waals surface area contributed by atoms with Crippen LogP contribution in [0.4, 0.5) is 0 Å². The van der Waals surface area contributed by atoms with Crippen LogP contribution >= 0.6 is 0 Å². The van der Waals surface area contributed by atoms with Gasteiger partial charge in [0.1, 0.15) is 11.6 Å². The first-order valence-electron chi connectivity index (χ1n) is 21.8. The number of nitrogens with zero attached hydrogens (tertiary/aromatic N) is 10.